The standard InChI is InChI=1S/C12H26O2Si2/c1-15(2,3)13-11-9-7-8-10-12-14-16(4,5)6/h9-12H,7-8H2,1-6H3. The van der Waals surface area contributed by atoms with E-state index in [4.69, 9.17) is 8.85 Å². The molecular formula is C12H26O2Si2. The Kier molecular flexibility index (Phi) is 6.75. The van der Waals surface area contributed by atoms with Gasteiger partial charge in [-0.3, -0.25) is 0 Å². The first-order valence-corrected chi connectivity index (χ1v) is 12.7. The van der Waals surface area contributed by atoms with Crippen LogP contribution in [-0.4, -0.2) is 16.6 Å². The molecule has 0 spiro atoms. The summed E-state index contributed by atoms with van der Waals surface area (Å²) < 4.78 is 11.2. The fourth-order valence-corrected chi connectivity index (χ4v) is 1.84. The number of allylic oxidation sites excluding steroid dienone is 2. The summed E-state index contributed by atoms with van der Waals surface area (Å²) in [7, 11) is -2.76. The van der Waals surface area contributed by atoms with Crippen molar-refractivity contribution in [2.45, 2.75) is 52.1 Å². The van der Waals surface area contributed by atoms with Crippen LogP contribution in [0, 0.1) is 0 Å². The molecule has 0 aliphatic heterocycles. The van der Waals surface area contributed by atoms with Crippen molar-refractivity contribution < 1.29 is 8.85 Å². The van der Waals surface area contributed by atoms with E-state index in [0.717, 1.165) is 12.8 Å². The second-order valence-electron chi connectivity index (χ2n) is 5.78. The van der Waals surface area contributed by atoms with Gasteiger partial charge in [0.1, 0.15) is 0 Å². The Morgan fingerprint density at radius 3 is 1.25 bits per heavy atom. The molecule has 0 bridgehead atoms. The van der Waals surface area contributed by atoms with Crippen molar-refractivity contribution in [3.8, 4) is 0 Å². The lowest BCUT2D eigenvalue weighted by Gasteiger charge is -2.14. The van der Waals surface area contributed by atoms with Crippen LogP contribution in [0.2, 0.25) is 39.3 Å². The quantitative estimate of drug-likeness (QED) is 0.380. The Bertz CT molecular complexity index is 208. The summed E-state index contributed by atoms with van der Waals surface area (Å²) in [5.41, 5.74) is 0. The van der Waals surface area contributed by atoms with Crippen LogP contribution in [0.25, 0.3) is 0 Å². The minimum atomic E-state index is -1.38. The van der Waals surface area contributed by atoms with Crippen molar-refractivity contribution in [3.63, 3.8) is 0 Å². The normalized spacial score (nSPS) is 13.6. The Labute approximate surface area is 103 Å². The minimum Gasteiger partial charge on any atom is -0.550 e. The van der Waals surface area contributed by atoms with E-state index in [2.05, 4.69) is 51.4 Å². The molecule has 0 heterocycles. The maximum absolute atomic E-state index is 5.60. The molecule has 0 amide bonds. The second-order valence-corrected chi connectivity index (χ2v) is 14.7. The van der Waals surface area contributed by atoms with E-state index >= 15 is 0 Å². The number of hydrogen-bond acceptors (Lipinski definition) is 2. The Morgan fingerprint density at radius 1 is 0.688 bits per heavy atom. The number of rotatable bonds is 7. The fourth-order valence-electron chi connectivity index (χ4n) is 0.833. The molecular weight excluding hydrogens is 232 g/mol. The van der Waals surface area contributed by atoms with Gasteiger partial charge in [-0.2, -0.15) is 0 Å². The molecule has 2 nitrogen and oxygen atoms in total. The van der Waals surface area contributed by atoms with Gasteiger partial charge in [-0.05, 0) is 52.1 Å². The number of hydrogen-bond donors (Lipinski definition) is 0. The summed E-state index contributed by atoms with van der Waals surface area (Å²) in [5.74, 6) is 0. The van der Waals surface area contributed by atoms with Gasteiger partial charge in [-0.15, -0.1) is 0 Å². The molecule has 0 fully saturated rings. The lowest BCUT2D eigenvalue weighted by Crippen LogP contribution is -2.21. The van der Waals surface area contributed by atoms with E-state index in [1.807, 2.05) is 12.5 Å². The van der Waals surface area contributed by atoms with E-state index < -0.39 is 16.6 Å². The van der Waals surface area contributed by atoms with E-state index in [1.54, 1.807) is 0 Å². The van der Waals surface area contributed by atoms with Gasteiger partial charge >= 0.3 is 0 Å². The first kappa shape index (κ1) is 15.5. The lowest BCUT2D eigenvalue weighted by molar-refractivity contribution is 0.473. The predicted octanol–water partition coefficient (Wildman–Crippen LogP) is 4.50. The molecule has 0 atom stereocenters. The summed E-state index contributed by atoms with van der Waals surface area (Å²) in [6.45, 7) is 13.1. The highest BCUT2D eigenvalue weighted by Crippen LogP contribution is 2.05. The average Bonchev–Trinajstić information content (AvgIpc) is 2.06. The predicted molar refractivity (Wildman–Crippen MR) is 76.4 cm³/mol. The lowest BCUT2D eigenvalue weighted by atomic mass is 10.3. The first-order valence-electron chi connectivity index (χ1n) is 5.86. The van der Waals surface area contributed by atoms with Gasteiger partial charge in [0.15, 0.2) is 0 Å². The summed E-state index contributed by atoms with van der Waals surface area (Å²) in [6.07, 6.45) is 9.87. The van der Waals surface area contributed by atoms with Gasteiger partial charge in [-0.1, -0.05) is 12.2 Å². The van der Waals surface area contributed by atoms with Crippen molar-refractivity contribution in [3.05, 3.63) is 24.7 Å². The molecule has 0 radical (unpaired) electrons. The zero-order chi connectivity index (χ0) is 12.7. The Morgan fingerprint density at radius 2 is 1.00 bits per heavy atom. The zero-order valence-electron chi connectivity index (χ0n) is 11.5. The highest BCUT2D eigenvalue weighted by Gasteiger charge is 2.13. The monoisotopic (exact) mass is 258 g/mol. The van der Waals surface area contributed by atoms with Crippen molar-refractivity contribution in [2.75, 3.05) is 0 Å². The van der Waals surface area contributed by atoms with Crippen LogP contribution in [0.1, 0.15) is 12.8 Å². The highest BCUT2D eigenvalue weighted by molar-refractivity contribution is 6.70. The SMILES string of the molecule is C[Si](C)(C)OC=CCCC=CO[Si](C)(C)C. The number of unbranched alkanes of at least 4 members (excludes halogenated alkanes) is 1. The maximum Gasteiger partial charge on any atom is 0.241 e. The topological polar surface area (TPSA) is 18.5 Å². The minimum absolute atomic E-state index is 1.01. The molecule has 4 heteroatoms. The summed E-state index contributed by atoms with van der Waals surface area (Å²) in [4.78, 5) is 0. The summed E-state index contributed by atoms with van der Waals surface area (Å²) in [6, 6.07) is 0. The van der Waals surface area contributed by atoms with Gasteiger partial charge in [0.2, 0.25) is 16.6 Å². The van der Waals surface area contributed by atoms with Crippen molar-refractivity contribution in [1.29, 1.82) is 0 Å². The zero-order valence-corrected chi connectivity index (χ0v) is 13.5. The summed E-state index contributed by atoms with van der Waals surface area (Å²) >= 11 is 0. The molecule has 0 aliphatic carbocycles. The summed E-state index contributed by atoms with van der Waals surface area (Å²) in [5, 5.41) is 0. The third-order valence-electron chi connectivity index (χ3n) is 1.54. The largest absolute Gasteiger partial charge is 0.550 e. The van der Waals surface area contributed by atoms with Gasteiger partial charge in [0.25, 0.3) is 0 Å². The Hall–Kier alpha value is -0.486. The molecule has 0 aromatic carbocycles. The first-order chi connectivity index (χ1) is 7.21. The van der Waals surface area contributed by atoms with Crippen LogP contribution in [0.3, 0.4) is 0 Å². The van der Waals surface area contributed by atoms with Crippen molar-refractivity contribution in [1.82, 2.24) is 0 Å². The molecule has 0 N–H and O–H groups in total. The van der Waals surface area contributed by atoms with Crippen LogP contribution >= 0.6 is 0 Å². The second kappa shape index (κ2) is 6.96. The smallest absolute Gasteiger partial charge is 0.241 e. The molecule has 0 saturated heterocycles. The Balaban J connectivity index is 3.54. The van der Waals surface area contributed by atoms with E-state index in [9.17, 15) is 0 Å². The average molecular weight is 259 g/mol. The van der Waals surface area contributed by atoms with E-state index in [0.29, 0.717) is 0 Å². The fraction of sp³-hybridized carbons (Fsp3) is 0.667. The van der Waals surface area contributed by atoms with Crippen LogP contribution in [-0.2, 0) is 8.85 Å². The third-order valence-corrected chi connectivity index (χ3v) is 3.22. The van der Waals surface area contributed by atoms with Gasteiger partial charge in [0, 0.05) is 0 Å². The van der Waals surface area contributed by atoms with Crippen molar-refractivity contribution in [2.24, 2.45) is 0 Å². The van der Waals surface area contributed by atoms with Gasteiger partial charge < -0.3 is 8.85 Å². The van der Waals surface area contributed by atoms with Crippen LogP contribution in [0.15, 0.2) is 24.7 Å². The molecule has 0 saturated carbocycles. The van der Waals surface area contributed by atoms with E-state index in [-0.39, 0.29) is 0 Å². The molecule has 0 aliphatic rings. The van der Waals surface area contributed by atoms with Crippen LogP contribution < -0.4 is 0 Å². The van der Waals surface area contributed by atoms with E-state index in [1.165, 1.54) is 0 Å². The van der Waals surface area contributed by atoms with Gasteiger partial charge in [0.05, 0.1) is 12.5 Å². The van der Waals surface area contributed by atoms with Crippen LogP contribution in [0.4, 0.5) is 0 Å². The molecule has 16 heavy (non-hydrogen) atoms. The molecule has 0 aromatic heterocycles. The molecule has 0 unspecified atom stereocenters. The molecule has 94 valence electrons. The highest BCUT2D eigenvalue weighted by atomic mass is 28.4. The maximum atomic E-state index is 5.60. The van der Waals surface area contributed by atoms with Crippen molar-refractivity contribution >= 4 is 16.6 Å². The molecule has 0 aromatic rings. The third kappa shape index (κ3) is 13.5. The van der Waals surface area contributed by atoms with Crippen LogP contribution in [0.5, 0.6) is 0 Å². The molecule has 0 rings (SSSR count). The van der Waals surface area contributed by atoms with Gasteiger partial charge in [-0.25, -0.2) is 0 Å².